The van der Waals surface area contributed by atoms with Gasteiger partial charge in [0.05, 0.1) is 12.0 Å². The Balaban J connectivity index is 1.24. The summed E-state index contributed by atoms with van der Waals surface area (Å²) >= 11 is 0. The van der Waals surface area contributed by atoms with Crippen molar-refractivity contribution in [1.82, 2.24) is 0 Å². The summed E-state index contributed by atoms with van der Waals surface area (Å²) in [4.78, 5) is 11.6. The van der Waals surface area contributed by atoms with Crippen LogP contribution in [0.2, 0.25) is 0 Å². The zero-order valence-electron chi connectivity index (χ0n) is 24.2. The molecule has 3 N–H and O–H groups in total. The maximum absolute atomic E-state index is 11.6. The molecule has 2 saturated carbocycles. The number of benzene rings is 1. The molecule has 3 aliphatic carbocycles. The highest BCUT2D eigenvalue weighted by atomic mass is 16.4. The fraction of sp³-hybridized carbons (Fsp3) is 0.794. The molecule has 1 aromatic rings. The second-order valence-electron chi connectivity index (χ2n) is 13.4. The molecule has 214 valence electrons. The summed E-state index contributed by atoms with van der Waals surface area (Å²) in [5.74, 6) is 2.12. The van der Waals surface area contributed by atoms with Gasteiger partial charge in [-0.3, -0.25) is 4.79 Å². The first-order valence-corrected chi connectivity index (χ1v) is 16.1. The van der Waals surface area contributed by atoms with Gasteiger partial charge in [0.1, 0.15) is 5.75 Å². The number of aliphatic hydroxyl groups is 1. The van der Waals surface area contributed by atoms with Gasteiger partial charge in [-0.25, -0.2) is 0 Å². The second-order valence-corrected chi connectivity index (χ2v) is 13.4. The van der Waals surface area contributed by atoms with E-state index < -0.39 is 5.97 Å². The molecule has 7 atom stereocenters. The van der Waals surface area contributed by atoms with E-state index in [1.54, 1.807) is 0 Å². The summed E-state index contributed by atoms with van der Waals surface area (Å²) in [6, 6.07) is 6.09. The number of unbranched alkanes of at least 4 members (excludes halogenated alkanes) is 8. The summed E-state index contributed by atoms with van der Waals surface area (Å²) in [7, 11) is 0. The number of fused-ring (bicyclic) bond motifs is 5. The largest absolute Gasteiger partial charge is 0.508 e. The molecule has 3 aliphatic rings. The highest BCUT2D eigenvalue weighted by Crippen LogP contribution is 2.63. The molecule has 0 aromatic heterocycles. The third-order valence-corrected chi connectivity index (χ3v) is 10.9. The number of aryl methyl sites for hydroxylation is 1. The van der Waals surface area contributed by atoms with E-state index in [-0.39, 0.29) is 17.4 Å². The lowest BCUT2D eigenvalue weighted by atomic mass is 9.51. The van der Waals surface area contributed by atoms with Crippen molar-refractivity contribution in [3.8, 4) is 5.75 Å². The van der Waals surface area contributed by atoms with E-state index in [9.17, 15) is 20.1 Å². The molecule has 0 saturated heterocycles. The molecule has 4 rings (SSSR count). The average Bonchev–Trinajstić information content (AvgIpc) is 3.19. The van der Waals surface area contributed by atoms with Gasteiger partial charge in [-0.05, 0) is 104 Å². The SMILES string of the molecule is CCCCCCC(CCCCCCCC[C@H]1C[C@@]2(C)C(CC[C@@H]2O)C2CCc3cc(O)ccc3C21)C(=O)O. The van der Waals surface area contributed by atoms with Gasteiger partial charge in [-0.15, -0.1) is 0 Å². The smallest absolute Gasteiger partial charge is 0.306 e. The molecule has 4 nitrogen and oxygen atoms in total. The molecule has 0 amide bonds. The summed E-state index contributed by atoms with van der Waals surface area (Å²) in [5, 5.41) is 30.6. The van der Waals surface area contributed by atoms with Crippen molar-refractivity contribution >= 4 is 5.97 Å². The van der Waals surface area contributed by atoms with Gasteiger partial charge >= 0.3 is 5.97 Å². The first-order chi connectivity index (χ1) is 18.3. The Kier molecular flexibility index (Phi) is 10.6. The van der Waals surface area contributed by atoms with Crippen molar-refractivity contribution in [2.45, 2.75) is 141 Å². The first kappa shape index (κ1) is 29.4. The van der Waals surface area contributed by atoms with Crippen molar-refractivity contribution in [2.75, 3.05) is 0 Å². The van der Waals surface area contributed by atoms with Crippen LogP contribution in [0.25, 0.3) is 0 Å². The van der Waals surface area contributed by atoms with E-state index in [1.807, 2.05) is 12.1 Å². The minimum Gasteiger partial charge on any atom is -0.508 e. The number of hydrogen-bond donors (Lipinski definition) is 3. The van der Waals surface area contributed by atoms with Crippen LogP contribution in [0.4, 0.5) is 0 Å². The lowest BCUT2D eigenvalue weighted by Crippen LogP contribution is -2.47. The Morgan fingerprint density at radius 1 is 0.974 bits per heavy atom. The average molecular weight is 527 g/mol. The van der Waals surface area contributed by atoms with Crippen LogP contribution in [0.5, 0.6) is 5.75 Å². The predicted octanol–water partition coefficient (Wildman–Crippen LogP) is 8.63. The highest BCUT2D eigenvalue weighted by molar-refractivity contribution is 5.69. The number of phenols is 1. The third-order valence-electron chi connectivity index (χ3n) is 10.9. The number of hydrogen-bond acceptors (Lipinski definition) is 3. The number of carboxylic acid groups (broad SMARTS) is 1. The summed E-state index contributed by atoms with van der Waals surface area (Å²) < 4.78 is 0. The highest BCUT2D eigenvalue weighted by Gasteiger charge is 2.57. The number of aliphatic hydroxyl groups excluding tert-OH is 1. The van der Waals surface area contributed by atoms with Crippen molar-refractivity contribution in [3.63, 3.8) is 0 Å². The van der Waals surface area contributed by atoms with Gasteiger partial charge < -0.3 is 15.3 Å². The third kappa shape index (κ3) is 6.77. The fourth-order valence-corrected chi connectivity index (χ4v) is 8.84. The Morgan fingerprint density at radius 2 is 1.66 bits per heavy atom. The number of carboxylic acids is 1. The van der Waals surface area contributed by atoms with E-state index in [0.717, 1.165) is 57.8 Å². The zero-order valence-corrected chi connectivity index (χ0v) is 24.2. The van der Waals surface area contributed by atoms with Crippen LogP contribution in [0.3, 0.4) is 0 Å². The molecule has 0 aliphatic heterocycles. The lowest BCUT2D eigenvalue weighted by molar-refractivity contribution is -0.142. The van der Waals surface area contributed by atoms with E-state index in [2.05, 4.69) is 19.9 Å². The van der Waals surface area contributed by atoms with E-state index in [4.69, 9.17) is 0 Å². The lowest BCUT2D eigenvalue weighted by Gasteiger charge is -2.54. The minimum absolute atomic E-state index is 0.0669. The topological polar surface area (TPSA) is 77.8 Å². The molecule has 4 heteroatoms. The molecule has 2 fully saturated rings. The van der Waals surface area contributed by atoms with Crippen molar-refractivity contribution in [2.24, 2.45) is 29.1 Å². The quantitative estimate of drug-likeness (QED) is 0.200. The molecule has 4 unspecified atom stereocenters. The fourth-order valence-electron chi connectivity index (χ4n) is 8.84. The number of carbonyl (C=O) groups is 1. The molecule has 0 bridgehead atoms. The molecular weight excluding hydrogens is 472 g/mol. The number of rotatable bonds is 15. The number of aromatic hydroxyl groups is 1. The normalized spacial score (nSPS) is 30.9. The molecule has 0 spiro atoms. The van der Waals surface area contributed by atoms with Crippen LogP contribution < -0.4 is 0 Å². The molecule has 1 aromatic carbocycles. The van der Waals surface area contributed by atoms with Gasteiger partial charge in [-0.2, -0.15) is 0 Å². The van der Waals surface area contributed by atoms with Gasteiger partial charge in [0, 0.05) is 0 Å². The number of phenolic OH excluding ortho intramolecular Hbond substituents is 1. The molecular formula is C34H54O4. The van der Waals surface area contributed by atoms with Crippen LogP contribution in [-0.2, 0) is 11.2 Å². The first-order valence-electron chi connectivity index (χ1n) is 16.1. The van der Waals surface area contributed by atoms with E-state index in [1.165, 1.54) is 68.9 Å². The zero-order chi connectivity index (χ0) is 27.1. The maximum Gasteiger partial charge on any atom is 0.306 e. The monoisotopic (exact) mass is 526 g/mol. The molecule has 0 radical (unpaired) electrons. The molecule has 0 heterocycles. The van der Waals surface area contributed by atoms with Crippen molar-refractivity contribution < 1.29 is 20.1 Å². The summed E-state index contributed by atoms with van der Waals surface area (Å²) in [6.45, 7) is 4.57. The van der Waals surface area contributed by atoms with Gasteiger partial charge in [-0.1, -0.05) is 84.1 Å². The standard InChI is InChI=1S/C34H54O4/c1-3-4-5-10-13-24(33(37)38)14-11-8-6-7-9-12-15-26-23-34(2)30(20-21-31(34)36)29-18-16-25-22-27(35)17-19-28(25)32(26)29/h17,19,22,24,26,29-32,35-36H,3-16,18,20-21,23H2,1-2H3,(H,37,38)/t24?,26-,29?,30?,31-,32?,34-/m0/s1. The minimum atomic E-state index is -0.602. The van der Waals surface area contributed by atoms with Crippen molar-refractivity contribution in [3.05, 3.63) is 29.3 Å². The Morgan fingerprint density at radius 3 is 2.37 bits per heavy atom. The van der Waals surface area contributed by atoms with E-state index >= 15 is 0 Å². The van der Waals surface area contributed by atoms with Crippen LogP contribution in [0, 0.1) is 29.1 Å². The van der Waals surface area contributed by atoms with Crippen LogP contribution in [0.15, 0.2) is 18.2 Å². The van der Waals surface area contributed by atoms with Crippen molar-refractivity contribution in [1.29, 1.82) is 0 Å². The van der Waals surface area contributed by atoms with Gasteiger partial charge in [0.15, 0.2) is 0 Å². The van der Waals surface area contributed by atoms with Gasteiger partial charge in [0.2, 0.25) is 0 Å². The van der Waals surface area contributed by atoms with E-state index in [0.29, 0.717) is 29.4 Å². The van der Waals surface area contributed by atoms with Crippen LogP contribution >= 0.6 is 0 Å². The number of aliphatic carboxylic acids is 1. The Hall–Kier alpha value is -1.55. The predicted molar refractivity (Wildman–Crippen MR) is 154 cm³/mol. The van der Waals surface area contributed by atoms with Crippen LogP contribution in [-0.4, -0.2) is 27.4 Å². The summed E-state index contributed by atoms with van der Waals surface area (Å²) in [6.07, 6.45) is 20.0. The maximum atomic E-state index is 11.6. The summed E-state index contributed by atoms with van der Waals surface area (Å²) in [5.41, 5.74) is 2.90. The molecule has 38 heavy (non-hydrogen) atoms. The second kappa shape index (κ2) is 13.7. The Bertz CT molecular complexity index is 896. The Labute approximate surface area is 231 Å². The van der Waals surface area contributed by atoms with Crippen LogP contribution in [0.1, 0.15) is 140 Å². The van der Waals surface area contributed by atoms with Gasteiger partial charge in [0.25, 0.3) is 0 Å².